The van der Waals surface area contributed by atoms with Crippen molar-refractivity contribution in [1.82, 2.24) is 20.7 Å². The molecule has 12 heteroatoms. The lowest BCUT2D eigenvalue weighted by molar-refractivity contribution is -0.166. The molecule has 0 radical (unpaired) electrons. The van der Waals surface area contributed by atoms with Crippen molar-refractivity contribution in [1.29, 1.82) is 0 Å². The summed E-state index contributed by atoms with van der Waals surface area (Å²) in [5.74, 6) is -4.56. The number of hydrogen-bond acceptors (Lipinski definition) is 6. The van der Waals surface area contributed by atoms with E-state index < -0.39 is 60.0 Å². The van der Waals surface area contributed by atoms with Crippen molar-refractivity contribution in [2.45, 2.75) is 43.8 Å². The standard InChI is InChI=1S/C21H21FN4O7/c22-13-5-3-12(4-6-13)19(31)24-15-7-8-17(28)25-9-1-2-16(26(25)21(15)33)20(32)23-14(11-27)10-18(29)30/h1,3-6,9,11,14-16H,2,7-8,10H2,(H,23,32)(H,24,31)(H,29,30)/t14-,15-,16-/m0/s1. The fraction of sp³-hybridized carbons (Fsp3) is 0.333. The molecule has 1 fully saturated rings. The molecule has 2 aliphatic heterocycles. The number of carboxylic acid groups (broad SMARTS) is 1. The number of hydrogen-bond donors (Lipinski definition) is 3. The van der Waals surface area contributed by atoms with Gasteiger partial charge in [0.05, 0.1) is 12.5 Å². The Hall–Kier alpha value is -4.09. The van der Waals surface area contributed by atoms with Crippen LogP contribution in [0.4, 0.5) is 4.39 Å². The molecule has 11 nitrogen and oxygen atoms in total. The second-order valence-corrected chi connectivity index (χ2v) is 7.48. The van der Waals surface area contributed by atoms with Gasteiger partial charge in [-0.15, -0.1) is 0 Å². The number of carbonyl (C=O) groups is 6. The van der Waals surface area contributed by atoms with Gasteiger partial charge in [-0.25, -0.2) is 14.4 Å². The van der Waals surface area contributed by atoms with E-state index in [0.717, 1.165) is 22.2 Å². The number of nitrogens with one attached hydrogen (secondary N) is 2. The van der Waals surface area contributed by atoms with E-state index in [-0.39, 0.29) is 31.1 Å². The highest BCUT2D eigenvalue weighted by molar-refractivity contribution is 6.00. The summed E-state index contributed by atoms with van der Waals surface area (Å²) in [6, 6.07) is 0.944. The highest BCUT2D eigenvalue weighted by Gasteiger charge is 2.43. The third-order valence-corrected chi connectivity index (χ3v) is 5.16. The average molecular weight is 460 g/mol. The van der Waals surface area contributed by atoms with Gasteiger partial charge in [-0.05, 0) is 37.1 Å². The monoisotopic (exact) mass is 460 g/mol. The fourth-order valence-electron chi connectivity index (χ4n) is 3.54. The van der Waals surface area contributed by atoms with Crippen LogP contribution in [-0.2, 0) is 24.0 Å². The number of hydrazine groups is 1. The van der Waals surface area contributed by atoms with E-state index in [1.54, 1.807) is 0 Å². The van der Waals surface area contributed by atoms with Gasteiger partial charge in [-0.1, -0.05) is 6.08 Å². The van der Waals surface area contributed by atoms with Crippen LogP contribution in [0.15, 0.2) is 36.5 Å². The summed E-state index contributed by atoms with van der Waals surface area (Å²) in [6.07, 6.45) is 2.31. The van der Waals surface area contributed by atoms with Gasteiger partial charge in [-0.2, -0.15) is 0 Å². The Morgan fingerprint density at radius 1 is 1.21 bits per heavy atom. The highest BCUT2D eigenvalue weighted by atomic mass is 19.1. The van der Waals surface area contributed by atoms with E-state index in [1.807, 2.05) is 0 Å². The molecule has 1 aromatic rings. The van der Waals surface area contributed by atoms with E-state index >= 15 is 0 Å². The first-order valence-corrected chi connectivity index (χ1v) is 10.1. The molecule has 2 aliphatic rings. The number of carboxylic acids is 1. The van der Waals surface area contributed by atoms with Gasteiger partial charge in [0.1, 0.15) is 24.2 Å². The third kappa shape index (κ3) is 5.40. The Balaban J connectivity index is 1.81. The zero-order chi connectivity index (χ0) is 24.1. The van der Waals surface area contributed by atoms with Gasteiger partial charge in [0.15, 0.2) is 0 Å². The van der Waals surface area contributed by atoms with Gasteiger partial charge in [0, 0.05) is 18.2 Å². The molecule has 3 rings (SSSR count). The van der Waals surface area contributed by atoms with Crippen LogP contribution in [0.1, 0.15) is 36.0 Å². The molecule has 1 saturated heterocycles. The third-order valence-electron chi connectivity index (χ3n) is 5.16. The first-order valence-electron chi connectivity index (χ1n) is 10.1. The minimum absolute atomic E-state index is 0.00136. The molecule has 0 aliphatic carbocycles. The first kappa shape index (κ1) is 23.6. The Bertz CT molecular complexity index is 1010. The van der Waals surface area contributed by atoms with Crippen molar-refractivity contribution < 1.29 is 38.3 Å². The maximum atomic E-state index is 13.3. The largest absolute Gasteiger partial charge is 0.481 e. The van der Waals surface area contributed by atoms with Gasteiger partial charge in [-0.3, -0.25) is 24.0 Å². The molecule has 0 unspecified atom stereocenters. The predicted molar refractivity (Wildman–Crippen MR) is 108 cm³/mol. The van der Waals surface area contributed by atoms with E-state index in [9.17, 15) is 33.2 Å². The smallest absolute Gasteiger partial charge is 0.305 e. The molecular formula is C21H21FN4O7. The van der Waals surface area contributed by atoms with Crippen LogP contribution in [0.3, 0.4) is 0 Å². The van der Waals surface area contributed by atoms with Gasteiger partial charge < -0.3 is 20.5 Å². The zero-order valence-corrected chi connectivity index (χ0v) is 17.3. The summed E-state index contributed by atoms with van der Waals surface area (Å²) < 4.78 is 13.1. The van der Waals surface area contributed by atoms with Crippen LogP contribution in [0.25, 0.3) is 0 Å². The summed E-state index contributed by atoms with van der Waals surface area (Å²) in [5.41, 5.74) is 0.104. The van der Waals surface area contributed by atoms with Crippen molar-refractivity contribution >= 4 is 35.9 Å². The molecule has 0 aromatic heterocycles. The maximum Gasteiger partial charge on any atom is 0.305 e. The van der Waals surface area contributed by atoms with Crippen LogP contribution < -0.4 is 10.6 Å². The number of nitrogens with zero attached hydrogens (tertiary/aromatic N) is 2. The zero-order valence-electron chi connectivity index (χ0n) is 17.3. The Labute approximate surface area is 187 Å². The van der Waals surface area contributed by atoms with Gasteiger partial charge in [0.2, 0.25) is 11.8 Å². The van der Waals surface area contributed by atoms with Crippen LogP contribution in [0, 0.1) is 5.82 Å². The number of carbonyl (C=O) groups excluding carboxylic acids is 5. The number of rotatable bonds is 7. The minimum Gasteiger partial charge on any atom is -0.481 e. The topological polar surface area (TPSA) is 153 Å². The molecule has 0 spiro atoms. The summed E-state index contributed by atoms with van der Waals surface area (Å²) in [6.45, 7) is 0. The summed E-state index contributed by atoms with van der Waals surface area (Å²) in [4.78, 5) is 73.2. The van der Waals surface area contributed by atoms with Crippen LogP contribution in [-0.4, -0.2) is 69.1 Å². The number of aldehydes is 1. The van der Waals surface area contributed by atoms with Gasteiger partial charge >= 0.3 is 5.97 Å². The predicted octanol–water partition coefficient (Wildman–Crippen LogP) is -0.265. The van der Waals surface area contributed by atoms with Crippen LogP contribution in [0.5, 0.6) is 0 Å². The molecule has 1 aromatic carbocycles. The lowest BCUT2D eigenvalue weighted by Gasteiger charge is -2.39. The number of benzene rings is 1. The first-order chi connectivity index (χ1) is 15.7. The molecule has 3 N–H and O–H groups in total. The highest BCUT2D eigenvalue weighted by Crippen LogP contribution is 2.24. The average Bonchev–Trinajstić information content (AvgIpc) is 2.90. The van der Waals surface area contributed by atoms with Gasteiger partial charge in [0.25, 0.3) is 11.8 Å². The molecule has 33 heavy (non-hydrogen) atoms. The van der Waals surface area contributed by atoms with Crippen molar-refractivity contribution in [3.63, 3.8) is 0 Å². The number of fused-ring (bicyclic) bond motifs is 1. The van der Waals surface area contributed by atoms with E-state index in [0.29, 0.717) is 0 Å². The fourth-order valence-corrected chi connectivity index (χ4v) is 3.54. The SMILES string of the molecule is O=C[C@H](CC(=O)O)NC(=O)[C@@H]1CC=CN2C(=O)CC[C@H](NC(=O)c3ccc(F)cc3)C(=O)N12. The second-order valence-electron chi connectivity index (χ2n) is 7.48. The second kappa shape index (κ2) is 10.0. The number of halogens is 1. The Morgan fingerprint density at radius 2 is 1.91 bits per heavy atom. The normalized spacial score (nSPS) is 21.0. The van der Waals surface area contributed by atoms with Crippen molar-refractivity contribution in [3.8, 4) is 0 Å². The quantitative estimate of drug-likeness (QED) is 0.474. The van der Waals surface area contributed by atoms with Crippen molar-refractivity contribution in [2.75, 3.05) is 0 Å². The van der Waals surface area contributed by atoms with Crippen molar-refractivity contribution in [2.24, 2.45) is 0 Å². The summed E-state index contributed by atoms with van der Waals surface area (Å²) in [5, 5.41) is 15.5. The van der Waals surface area contributed by atoms with E-state index in [1.165, 1.54) is 24.4 Å². The lowest BCUT2D eigenvalue weighted by Crippen LogP contribution is -2.62. The van der Waals surface area contributed by atoms with E-state index in [2.05, 4.69) is 10.6 Å². The minimum atomic E-state index is -1.32. The van der Waals surface area contributed by atoms with Crippen LogP contribution >= 0.6 is 0 Å². The van der Waals surface area contributed by atoms with E-state index in [4.69, 9.17) is 5.11 Å². The Kier molecular flexibility index (Phi) is 7.16. The molecule has 3 atom stereocenters. The molecule has 174 valence electrons. The molecule has 4 amide bonds. The number of amides is 4. The molecule has 0 bridgehead atoms. The molecular weight excluding hydrogens is 439 g/mol. The maximum absolute atomic E-state index is 13.3. The molecule has 0 saturated carbocycles. The van der Waals surface area contributed by atoms with Crippen LogP contribution in [0.2, 0.25) is 0 Å². The van der Waals surface area contributed by atoms with Crippen molar-refractivity contribution in [3.05, 3.63) is 47.9 Å². The Morgan fingerprint density at radius 3 is 2.55 bits per heavy atom. The molecule has 2 heterocycles. The lowest BCUT2D eigenvalue weighted by atomic mass is 10.1. The summed E-state index contributed by atoms with van der Waals surface area (Å²) >= 11 is 0. The summed E-state index contributed by atoms with van der Waals surface area (Å²) in [7, 11) is 0. The number of aliphatic carboxylic acids is 1.